The molecule has 0 bridgehead atoms. The number of carbonyl (C=O) groups is 2. The Hall–Kier alpha value is -2.78. The van der Waals surface area contributed by atoms with Crippen molar-refractivity contribution >= 4 is 23.6 Å². The number of piperazine rings is 1. The van der Waals surface area contributed by atoms with E-state index >= 15 is 0 Å². The van der Waals surface area contributed by atoms with Crippen molar-refractivity contribution in [3.05, 3.63) is 40.9 Å². The van der Waals surface area contributed by atoms with Crippen LogP contribution in [0.25, 0.3) is 11.4 Å². The van der Waals surface area contributed by atoms with Gasteiger partial charge in [-0.3, -0.25) is 4.79 Å². The lowest BCUT2D eigenvalue weighted by Crippen LogP contribution is -2.56. The van der Waals surface area contributed by atoms with Gasteiger partial charge in [-0.25, -0.2) is 19.7 Å². The highest BCUT2D eigenvalue weighted by Gasteiger charge is 2.50. The molecule has 3 heterocycles. The van der Waals surface area contributed by atoms with E-state index in [9.17, 15) is 9.59 Å². The molecular formula is C22H27ClN6O3. The number of hydrogen-bond donors (Lipinski definition) is 2. The number of nitrogens with zero attached hydrogens (tertiary/aromatic N) is 4. The molecule has 1 saturated heterocycles. The summed E-state index contributed by atoms with van der Waals surface area (Å²) in [4.78, 5) is 39.1. The number of rotatable bonds is 3. The summed E-state index contributed by atoms with van der Waals surface area (Å²) in [7, 11) is 1.54. The van der Waals surface area contributed by atoms with Crippen molar-refractivity contribution in [3.63, 3.8) is 0 Å². The van der Waals surface area contributed by atoms with Crippen LogP contribution in [0, 0.1) is 0 Å². The van der Waals surface area contributed by atoms with Gasteiger partial charge in [0.25, 0.3) is 5.91 Å². The molecule has 1 aliphatic carbocycles. The largest absolute Gasteiger partial charge is 0.444 e. The lowest BCUT2D eigenvalue weighted by molar-refractivity contribution is 0.0136. The molecule has 1 aliphatic heterocycles. The predicted molar refractivity (Wildman–Crippen MR) is 119 cm³/mol. The molecule has 0 aromatic carbocycles. The number of pyridine rings is 1. The molecule has 1 unspecified atom stereocenters. The standard InChI is InChI=1S/C22H27ClN6O3/c1-21(2,3)32-20(31)29-10-17(28-22(11-29)5-6-22)13-7-15(27-18(23)8-13)14-9-16(19(30)24-4)26-12-25-14/h7-9,12,17,28H,5-6,10-11H2,1-4H3,(H,24,30). The predicted octanol–water partition coefficient (Wildman–Crippen LogP) is 2.97. The van der Waals surface area contributed by atoms with E-state index in [0.717, 1.165) is 18.4 Å². The maximum Gasteiger partial charge on any atom is 0.410 e. The van der Waals surface area contributed by atoms with Gasteiger partial charge in [0.15, 0.2) is 0 Å². The summed E-state index contributed by atoms with van der Waals surface area (Å²) in [6.07, 6.45) is 3.00. The van der Waals surface area contributed by atoms with E-state index in [1.54, 1.807) is 24.1 Å². The summed E-state index contributed by atoms with van der Waals surface area (Å²) in [6.45, 7) is 6.65. The topological polar surface area (TPSA) is 109 Å². The summed E-state index contributed by atoms with van der Waals surface area (Å²) >= 11 is 6.35. The average molecular weight is 459 g/mol. The molecule has 2 aromatic heterocycles. The van der Waals surface area contributed by atoms with Gasteiger partial charge in [0.1, 0.15) is 22.8 Å². The van der Waals surface area contributed by atoms with Gasteiger partial charge in [-0.05, 0) is 57.4 Å². The molecule has 2 fully saturated rings. The molecule has 1 atom stereocenters. The fraction of sp³-hybridized carbons (Fsp3) is 0.500. The molecule has 4 rings (SSSR count). The lowest BCUT2D eigenvalue weighted by atomic mass is 10.0. The Balaban J connectivity index is 1.63. The molecule has 32 heavy (non-hydrogen) atoms. The Labute approximate surface area is 191 Å². The third-order valence-electron chi connectivity index (χ3n) is 5.49. The molecule has 9 nitrogen and oxygen atoms in total. The van der Waals surface area contributed by atoms with Gasteiger partial charge in [-0.15, -0.1) is 0 Å². The van der Waals surface area contributed by atoms with Crippen LogP contribution in [0.1, 0.15) is 55.7 Å². The molecule has 0 radical (unpaired) electrons. The van der Waals surface area contributed by atoms with Crippen LogP contribution in [0.4, 0.5) is 4.79 Å². The zero-order valence-electron chi connectivity index (χ0n) is 18.6. The fourth-order valence-electron chi connectivity index (χ4n) is 3.82. The minimum Gasteiger partial charge on any atom is -0.444 e. The fourth-order valence-corrected chi connectivity index (χ4v) is 4.03. The van der Waals surface area contributed by atoms with Crippen molar-refractivity contribution in [2.45, 2.75) is 50.8 Å². The number of carbonyl (C=O) groups excluding carboxylic acids is 2. The summed E-state index contributed by atoms with van der Waals surface area (Å²) in [5, 5.41) is 6.53. The maximum absolute atomic E-state index is 12.8. The second-order valence-electron chi connectivity index (χ2n) is 9.31. The average Bonchev–Trinajstić information content (AvgIpc) is 3.49. The van der Waals surface area contributed by atoms with Gasteiger partial charge in [-0.1, -0.05) is 11.6 Å². The van der Waals surface area contributed by atoms with Crippen molar-refractivity contribution < 1.29 is 14.3 Å². The number of amides is 2. The summed E-state index contributed by atoms with van der Waals surface area (Å²) in [6, 6.07) is 5.11. The third kappa shape index (κ3) is 4.99. The lowest BCUT2D eigenvalue weighted by Gasteiger charge is -2.40. The third-order valence-corrected chi connectivity index (χ3v) is 5.68. The number of hydrogen-bond acceptors (Lipinski definition) is 7. The second kappa shape index (κ2) is 8.29. The van der Waals surface area contributed by atoms with E-state index in [-0.39, 0.29) is 29.3 Å². The first-order valence-electron chi connectivity index (χ1n) is 10.6. The van der Waals surface area contributed by atoms with Gasteiger partial charge in [0.2, 0.25) is 0 Å². The van der Waals surface area contributed by atoms with Crippen LogP contribution in [0.15, 0.2) is 24.5 Å². The zero-order valence-corrected chi connectivity index (χ0v) is 19.4. The normalized spacial score (nSPS) is 19.5. The highest BCUT2D eigenvalue weighted by molar-refractivity contribution is 6.29. The van der Waals surface area contributed by atoms with Gasteiger partial charge in [0.05, 0.1) is 17.4 Å². The van der Waals surface area contributed by atoms with Gasteiger partial charge in [-0.2, -0.15) is 0 Å². The molecule has 2 aliphatic rings. The molecule has 10 heteroatoms. The highest BCUT2D eigenvalue weighted by atomic mass is 35.5. The molecule has 1 saturated carbocycles. The maximum atomic E-state index is 12.8. The quantitative estimate of drug-likeness (QED) is 0.680. The first-order chi connectivity index (χ1) is 15.1. The van der Waals surface area contributed by atoms with Crippen LogP contribution in [0.5, 0.6) is 0 Å². The van der Waals surface area contributed by atoms with E-state index in [0.29, 0.717) is 29.6 Å². The minimum atomic E-state index is -0.559. The van der Waals surface area contributed by atoms with Gasteiger partial charge in [0, 0.05) is 25.7 Å². The van der Waals surface area contributed by atoms with Crippen LogP contribution >= 0.6 is 11.6 Å². The molecular weight excluding hydrogens is 432 g/mol. The molecule has 2 amide bonds. The Morgan fingerprint density at radius 3 is 2.62 bits per heavy atom. The van der Waals surface area contributed by atoms with Gasteiger partial charge >= 0.3 is 6.09 Å². The Bertz CT molecular complexity index is 1050. The molecule has 1 spiro atoms. The van der Waals surface area contributed by atoms with E-state index in [1.807, 2.05) is 26.8 Å². The van der Waals surface area contributed by atoms with Crippen molar-refractivity contribution in [1.82, 2.24) is 30.5 Å². The van der Waals surface area contributed by atoms with Crippen molar-refractivity contribution in [2.24, 2.45) is 0 Å². The van der Waals surface area contributed by atoms with E-state index in [4.69, 9.17) is 16.3 Å². The van der Waals surface area contributed by atoms with Gasteiger partial charge < -0.3 is 20.3 Å². The Morgan fingerprint density at radius 2 is 1.97 bits per heavy atom. The number of nitrogens with one attached hydrogen (secondary N) is 2. The molecule has 2 aromatic rings. The van der Waals surface area contributed by atoms with Crippen LogP contribution in [0.2, 0.25) is 5.15 Å². The monoisotopic (exact) mass is 458 g/mol. The van der Waals surface area contributed by atoms with Crippen LogP contribution in [-0.2, 0) is 4.74 Å². The van der Waals surface area contributed by atoms with Crippen molar-refractivity contribution in [2.75, 3.05) is 20.1 Å². The van der Waals surface area contributed by atoms with Crippen LogP contribution in [-0.4, -0.2) is 63.1 Å². The number of aromatic nitrogens is 3. The minimum absolute atomic E-state index is 0.100. The van der Waals surface area contributed by atoms with E-state index in [1.165, 1.54) is 6.33 Å². The zero-order chi connectivity index (χ0) is 23.1. The number of ether oxygens (including phenoxy) is 1. The van der Waals surface area contributed by atoms with E-state index in [2.05, 4.69) is 25.6 Å². The Morgan fingerprint density at radius 1 is 1.22 bits per heavy atom. The number of halogens is 1. The summed E-state index contributed by atoms with van der Waals surface area (Å²) < 4.78 is 5.61. The van der Waals surface area contributed by atoms with Crippen molar-refractivity contribution in [1.29, 1.82) is 0 Å². The first kappa shape index (κ1) is 22.4. The summed E-state index contributed by atoms with van der Waals surface area (Å²) in [5.41, 5.74) is 1.49. The highest BCUT2D eigenvalue weighted by Crippen LogP contribution is 2.42. The van der Waals surface area contributed by atoms with Crippen molar-refractivity contribution in [3.8, 4) is 11.4 Å². The van der Waals surface area contributed by atoms with Crippen LogP contribution in [0.3, 0.4) is 0 Å². The Kier molecular flexibility index (Phi) is 5.81. The second-order valence-corrected chi connectivity index (χ2v) is 9.70. The SMILES string of the molecule is CNC(=O)c1cc(-c2cc(C3CN(C(=O)OC(C)(C)C)CC4(CC4)N3)cc(Cl)n2)ncn1. The van der Waals surface area contributed by atoms with E-state index < -0.39 is 5.60 Å². The molecule has 2 N–H and O–H groups in total. The molecule has 170 valence electrons. The van der Waals surface area contributed by atoms with Crippen LogP contribution < -0.4 is 10.6 Å². The summed E-state index contributed by atoms with van der Waals surface area (Å²) in [5.74, 6) is -0.312. The smallest absolute Gasteiger partial charge is 0.410 e. The first-order valence-corrected chi connectivity index (χ1v) is 10.9.